The molecule has 0 unspecified atom stereocenters. The average molecular weight is 389 g/mol. The zero-order chi connectivity index (χ0) is 18.5. The zero-order valence-electron chi connectivity index (χ0n) is 15.2. The first-order valence-corrected chi connectivity index (χ1v) is 8.88. The Labute approximate surface area is 165 Å². The Kier molecular flexibility index (Phi) is 7.21. The first-order chi connectivity index (χ1) is 12.5. The van der Waals surface area contributed by atoms with Gasteiger partial charge in [-0.25, -0.2) is 4.79 Å². The first kappa shape index (κ1) is 20.7. The molecule has 2 aromatic carbocycles. The van der Waals surface area contributed by atoms with E-state index in [0.717, 1.165) is 24.9 Å². The maximum Gasteiger partial charge on any atom is 0.323 e. The smallest absolute Gasteiger partial charge is 0.323 e. The predicted molar refractivity (Wildman–Crippen MR) is 112 cm³/mol. The van der Waals surface area contributed by atoms with Crippen molar-refractivity contribution in [1.29, 1.82) is 0 Å². The molecule has 0 radical (unpaired) electrons. The molecule has 2 aromatic rings. The monoisotopic (exact) mass is 388 g/mol. The summed E-state index contributed by atoms with van der Waals surface area (Å²) in [6, 6.07) is 12.1. The molecular formula is C20H25ClN4O2. The van der Waals surface area contributed by atoms with Gasteiger partial charge in [0.15, 0.2) is 0 Å². The molecule has 3 rings (SSSR count). The number of urea groups is 1. The van der Waals surface area contributed by atoms with Crippen molar-refractivity contribution in [3.8, 4) is 0 Å². The lowest BCUT2D eigenvalue weighted by molar-refractivity contribution is -0.117. The lowest BCUT2D eigenvalue weighted by Gasteiger charge is -2.19. The van der Waals surface area contributed by atoms with Crippen molar-refractivity contribution in [2.45, 2.75) is 38.6 Å². The molecule has 0 fully saturated rings. The van der Waals surface area contributed by atoms with Gasteiger partial charge >= 0.3 is 6.03 Å². The van der Waals surface area contributed by atoms with Crippen molar-refractivity contribution in [3.05, 3.63) is 53.6 Å². The van der Waals surface area contributed by atoms with Crippen LogP contribution < -0.4 is 21.7 Å². The van der Waals surface area contributed by atoms with Crippen molar-refractivity contribution in [2.75, 3.05) is 16.0 Å². The van der Waals surface area contributed by atoms with Crippen LogP contribution in [0.3, 0.4) is 0 Å². The SMILES string of the molecule is C[C@H](N)C(=O)Nc1cccc(NC(=O)Nc2cccc3c2CCCC3)c1.Cl. The summed E-state index contributed by atoms with van der Waals surface area (Å²) in [4.78, 5) is 24.1. The Balaban J connectivity index is 0.00000261. The minimum Gasteiger partial charge on any atom is -0.325 e. The van der Waals surface area contributed by atoms with Gasteiger partial charge in [0.2, 0.25) is 5.91 Å². The van der Waals surface area contributed by atoms with Gasteiger partial charge in [-0.3, -0.25) is 4.79 Å². The summed E-state index contributed by atoms with van der Waals surface area (Å²) in [6.07, 6.45) is 4.40. The number of aryl methyl sites for hydroxylation is 1. The molecule has 7 heteroatoms. The first-order valence-electron chi connectivity index (χ1n) is 8.88. The van der Waals surface area contributed by atoms with Crippen molar-refractivity contribution in [3.63, 3.8) is 0 Å². The fourth-order valence-electron chi connectivity index (χ4n) is 3.11. The highest BCUT2D eigenvalue weighted by Crippen LogP contribution is 2.28. The maximum absolute atomic E-state index is 12.4. The molecule has 0 saturated carbocycles. The number of benzene rings is 2. The molecule has 1 atom stereocenters. The quantitative estimate of drug-likeness (QED) is 0.639. The fraction of sp³-hybridized carbons (Fsp3) is 0.300. The van der Waals surface area contributed by atoms with Gasteiger partial charge < -0.3 is 21.7 Å². The number of fused-ring (bicyclic) bond motifs is 1. The predicted octanol–water partition coefficient (Wildman–Crippen LogP) is 3.92. The summed E-state index contributed by atoms with van der Waals surface area (Å²) < 4.78 is 0. The van der Waals surface area contributed by atoms with Gasteiger partial charge in [0.25, 0.3) is 0 Å². The second-order valence-corrected chi connectivity index (χ2v) is 6.59. The molecule has 6 nitrogen and oxygen atoms in total. The molecule has 0 aliphatic heterocycles. The van der Waals surface area contributed by atoms with Crippen LogP contribution >= 0.6 is 12.4 Å². The fourth-order valence-corrected chi connectivity index (χ4v) is 3.11. The molecule has 0 saturated heterocycles. The minimum atomic E-state index is -0.598. The van der Waals surface area contributed by atoms with Crippen LogP contribution in [0, 0.1) is 0 Å². The molecule has 1 aliphatic rings. The molecule has 1 aliphatic carbocycles. The van der Waals surface area contributed by atoms with Gasteiger partial charge in [0.1, 0.15) is 0 Å². The van der Waals surface area contributed by atoms with Gasteiger partial charge in [-0.05, 0) is 68.0 Å². The van der Waals surface area contributed by atoms with Crippen LogP contribution in [0.25, 0.3) is 0 Å². The van der Waals surface area contributed by atoms with E-state index in [9.17, 15) is 9.59 Å². The van der Waals surface area contributed by atoms with Gasteiger partial charge in [0, 0.05) is 17.1 Å². The summed E-state index contributed by atoms with van der Waals surface area (Å²) >= 11 is 0. The molecule has 0 bridgehead atoms. The van der Waals surface area contributed by atoms with Gasteiger partial charge in [-0.2, -0.15) is 0 Å². The van der Waals surface area contributed by atoms with E-state index in [1.807, 2.05) is 12.1 Å². The van der Waals surface area contributed by atoms with Crippen LogP contribution in [-0.4, -0.2) is 18.0 Å². The minimum absolute atomic E-state index is 0. The van der Waals surface area contributed by atoms with E-state index in [0.29, 0.717) is 11.4 Å². The van der Waals surface area contributed by atoms with E-state index in [2.05, 4.69) is 22.0 Å². The number of halogens is 1. The van der Waals surface area contributed by atoms with Crippen LogP contribution in [0.1, 0.15) is 30.9 Å². The number of carbonyl (C=O) groups excluding carboxylic acids is 2. The second-order valence-electron chi connectivity index (χ2n) is 6.59. The standard InChI is InChI=1S/C20H24N4O2.ClH/c1-13(21)19(25)22-15-8-5-9-16(12-15)23-20(26)24-18-11-4-7-14-6-2-3-10-17(14)18;/h4-5,7-9,11-13H,2-3,6,10,21H2,1H3,(H,22,25)(H2,23,24,26);1H/t13-;/m0./s1. The average Bonchev–Trinajstić information content (AvgIpc) is 2.62. The number of rotatable bonds is 4. The summed E-state index contributed by atoms with van der Waals surface area (Å²) in [7, 11) is 0. The Morgan fingerprint density at radius 2 is 1.63 bits per heavy atom. The van der Waals surface area contributed by atoms with Gasteiger partial charge in [0.05, 0.1) is 6.04 Å². The molecular weight excluding hydrogens is 364 g/mol. The number of hydrogen-bond acceptors (Lipinski definition) is 3. The summed E-state index contributed by atoms with van der Waals surface area (Å²) in [5.74, 6) is -0.275. The summed E-state index contributed by atoms with van der Waals surface area (Å²) in [5, 5.41) is 8.46. The number of hydrogen-bond donors (Lipinski definition) is 4. The number of carbonyl (C=O) groups is 2. The normalized spacial score (nSPS) is 13.6. The summed E-state index contributed by atoms with van der Waals surface area (Å²) in [5.41, 5.74) is 10.1. The molecule has 5 N–H and O–H groups in total. The van der Waals surface area contributed by atoms with Crippen molar-refractivity contribution in [2.24, 2.45) is 5.73 Å². The third-order valence-corrected chi connectivity index (χ3v) is 4.45. The lowest BCUT2D eigenvalue weighted by atomic mass is 9.90. The number of anilines is 3. The number of nitrogens with two attached hydrogens (primary N) is 1. The third kappa shape index (κ3) is 5.45. The molecule has 0 heterocycles. The molecule has 3 amide bonds. The topological polar surface area (TPSA) is 96.2 Å². The highest BCUT2D eigenvalue weighted by Gasteiger charge is 2.14. The maximum atomic E-state index is 12.4. The van der Waals surface area contributed by atoms with E-state index < -0.39 is 6.04 Å². The number of nitrogens with one attached hydrogen (secondary N) is 3. The van der Waals surface area contributed by atoms with Crippen LogP contribution in [0.15, 0.2) is 42.5 Å². The Morgan fingerprint density at radius 1 is 0.963 bits per heavy atom. The Bertz CT molecular complexity index is 823. The van der Waals surface area contributed by atoms with Crippen molar-refractivity contribution in [1.82, 2.24) is 0 Å². The van der Waals surface area contributed by atoms with E-state index in [1.54, 1.807) is 31.2 Å². The van der Waals surface area contributed by atoms with E-state index >= 15 is 0 Å². The van der Waals surface area contributed by atoms with E-state index in [1.165, 1.54) is 17.5 Å². The highest BCUT2D eigenvalue weighted by atomic mass is 35.5. The van der Waals surface area contributed by atoms with E-state index in [4.69, 9.17) is 5.73 Å². The zero-order valence-corrected chi connectivity index (χ0v) is 16.1. The molecule has 144 valence electrons. The van der Waals surface area contributed by atoms with Crippen molar-refractivity contribution < 1.29 is 9.59 Å². The molecule has 0 spiro atoms. The van der Waals surface area contributed by atoms with Crippen LogP contribution in [0.5, 0.6) is 0 Å². The number of amides is 3. The van der Waals surface area contributed by atoms with Gasteiger partial charge in [-0.15, -0.1) is 12.4 Å². The summed E-state index contributed by atoms with van der Waals surface area (Å²) in [6.45, 7) is 1.62. The van der Waals surface area contributed by atoms with E-state index in [-0.39, 0.29) is 24.3 Å². The second kappa shape index (κ2) is 9.39. The highest BCUT2D eigenvalue weighted by molar-refractivity contribution is 6.01. The van der Waals surface area contributed by atoms with Crippen LogP contribution in [0.4, 0.5) is 21.9 Å². The Hall–Kier alpha value is -2.57. The molecule has 0 aromatic heterocycles. The molecule has 27 heavy (non-hydrogen) atoms. The lowest BCUT2D eigenvalue weighted by Crippen LogP contribution is -2.32. The van der Waals surface area contributed by atoms with Crippen LogP contribution in [-0.2, 0) is 17.6 Å². The van der Waals surface area contributed by atoms with Crippen LogP contribution in [0.2, 0.25) is 0 Å². The Morgan fingerprint density at radius 3 is 2.37 bits per heavy atom. The largest absolute Gasteiger partial charge is 0.325 e. The van der Waals surface area contributed by atoms with Crippen molar-refractivity contribution >= 4 is 41.4 Å². The third-order valence-electron chi connectivity index (χ3n) is 4.45. The van der Waals surface area contributed by atoms with Gasteiger partial charge in [-0.1, -0.05) is 18.2 Å².